The van der Waals surface area contributed by atoms with Gasteiger partial charge in [0.05, 0.1) is 26.4 Å². The molecule has 0 saturated carbocycles. The summed E-state index contributed by atoms with van der Waals surface area (Å²) in [5.41, 5.74) is 1.46. The van der Waals surface area contributed by atoms with Gasteiger partial charge in [0.25, 0.3) is 0 Å². The Balaban J connectivity index is 1.54. The number of ether oxygens (including phenoxy) is 3. The molecule has 1 heterocycles. The number of para-hydroxylation sites is 1. The highest BCUT2D eigenvalue weighted by Crippen LogP contribution is 2.30. The maximum absolute atomic E-state index is 11.2. The molecule has 0 N–H and O–H groups in total. The van der Waals surface area contributed by atoms with Crippen molar-refractivity contribution in [2.24, 2.45) is 7.05 Å². The quantitative estimate of drug-likeness (QED) is 0.284. The predicted octanol–water partition coefficient (Wildman–Crippen LogP) is 3.87. The summed E-state index contributed by atoms with van der Waals surface area (Å²) < 4.78 is 18.2. The predicted molar refractivity (Wildman–Crippen MR) is 112 cm³/mol. The van der Waals surface area contributed by atoms with Crippen molar-refractivity contribution in [3.05, 3.63) is 48.0 Å². The fourth-order valence-corrected chi connectivity index (χ4v) is 3.59. The van der Waals surface area contributed by atoms with E-state index < -0.39 is 0 Å². The number of nitrogens with zero attached hydrogens (tertiary/aromatic N) is 3. The highest BCUT2D eigenvalue weighted by atomic mass is 32.2. The summed E-state index contributed by atoms with van der Waals surface area (Å²) in [6.07, 6.45) is 1.55. The number of carbonyl (C=O) groups is 1. The molecule has 1 aromatic heterocycles. The van der Waals surface area contributed by atoms with E-state index >= 15 is 0 Å². The summed E-state index contributed by atoms with van der Waals surface area (Å²) in [5, 5.41) is 9.42. The summed E-state index contributed by atoms with van der Waals surface area (Å²) >= 11 is 1.61. The van der Waals surface area contributed by atoms with Crippen molar-refractivity contribution in [3.8, 4) is 28.6 Å². The SMILES string of the molecule is COc1ccc(-c2nnc(SCCCOc3c(C=O)cccc3OC)n2C)cc1. The second-order valence-electron chi connectivity index (χ2n) is 6.14. The zero-order valence-corrected chi connectivity index (χ0v) is 17.4. The fourth-order valence-electron chi connectivity index (χ4n) is 2.77. The second kappa shape index (κ2) is 9.97. The Bertz CT molecular complexity index is 957. The van der Waals surface area contributed by atoms with Gasteiger partial charge in [-0.3, -0.25) is 4.79 Å². The van der Waals surface area contributed by atoms with Crippen LogP contribution in [0.5, 0.6) is 17.2 Å². The Hall–Kier alpha value is -3.00. The molecule has 2 aromatic carbocycles. The van der Waals surface area contributed by atoms with Gasteiger partial charge in [-0.05, 0) is 42.8 Å². The lowest BCUT2D eigenvalue weighted by atomic mass is 10.2. The van der Waals surface area contributed by atoms with Crippen LogP contribution in [0.15, 0.2) is 47.6 Å². The van der Waals surface area contributed by atoms with Crippen LogP contribution in [0.2, 0.25) is 0 Å². The van der Waals surface area contributed by atoms with Gasteiger partial charge in [-0.15, -0.1) is 10.2 Å². The first-order valence-electron chi connectivity index (χ1n) is 9.09. The Morgan fingerprint density at radius 3 is 2.55 bits per heavy atom. The number of aromatic nitrogens is 3. The highest BCUT2D eigenvalue weighted by molar-refractivity contribution is 7.99. The molecule has 0 saturated heterocycles. The molecular weight excluding hydrogens is 390 g/mol. The van der Waals surface area contributed by atoms with Crippen molar-refractivity contribution in [1.29, 1.82) is 0 Å². The third-order valence-corrected chi connectivity index (χ3v) is 5.41. The molecule has 0 fully saturated rings. The molecule has 7 nitrogen and oxygen atoms in total. The van der Waals surface area contributed by atoms with Crippen molar-refractivity contribution in [3.63, 3.8) is 0 Å². The Morgan fingerprint density at radius 1 is 1.07 bits per heavy atom. The molecule has 3 rings (SSSR count). The molecule has 3 aromatic rings. The van der Waals surface area contributed by atoms with Crippen LogP contribution in [-0.4, -0.2) is 47.6 Å². The van der Waals surface area contributed by atoms with Crippen LogP contribution in [0, 0.1) is 0 Å². The summed E-state index contributed by atoms with van der Waals surface area (Å²) in [5.74, 6) is 3.45. The zero-order valence-electron chi connectivity index (χ0n) is 16.6. The first-order chi connectivity index (χ1) is 14.2. The van der Waals surface area contributed by atoms with Gasteiger partial charge in [0.2, 0.25) is 0 Å². The lowest BCUT2D eigenvalue weighted by Crippen LogP contribution is -2.03. The molecule has 0 aliphatic heterocycles. The van der Waals surface area contributed by atoms with E-state index in [0.29, 0.717) is 23.7 Å². The lowest BCUT2D eigenvalue weighted by molar-refractivity contribution is 0.111. The summed E-state index contributed by atoms with van der Waals surface area (Å²) in [4.78, 5) is 11.2. The second-order valence-corrected chi connectivity index (χ2v) is 7.20. The van der Waals surface area contributed by atoms with Gasteiger partial charge in [0.1, 0.15) is 5.75 Å². The third kappa shape index (κ3) is 4.89. The van der Waals surface area contributed by atoms with E-state index in [2.05, 4.69) is 10.2 Å². The minimum absolute atomic E-state index is 0.470. The van der Waals surface area contributed by atoms with Gasteiger partial charge in [-0.25, -0.2) is 0 Å². The average Bonchev–Trinajstić information content (AvgIpc) is 3.13. The molecule has 0 amide bonds. The molecule has 0 spiro atoms. The average molecular weight is 413 g/mol. The van der Waals surface area contributed by atoms with E-state index in [9.17, 15) is 4.79 Å². The molecule has 29 heavy (non-hydrogen) atoms. The number of aldehydes is 1. The zero-order chi connectivity index (χ0) is 20.6. The molecule has 0 aliphatic rings. The number of thioether (sulfide) groups is 1. The normalized spacial score (nSPS) is 10.6. The fraction of sp³-hybridized carbons (Fsp3) is 0.286. The Kier molecular flexibility index (Phi) is 7.13. The highest BCUT2D eigenvalue weighted by Gasteiger charge is 2.12. The Morgan fingerprint density at radius 2 is 1.86 bits per heavy atom. The monoisotopic (exact) mass is 413 g/mol. The number of hydrogen-bond donors (Lipinski definition) is 0. The van der Waals surface area contributed by atoms with E-state index in [1.54, 1.807) is 44.2 Å². The lowest BCUT2D eigenvalue weighted by Gasteiger charge is -2.12. The van der Waals surface area contributed by atoms with Crippen LogP contribution in [0.1, 0.15) is 16.8 Å². The van der Waals surface area contributed by atoms with E-state index in [4.69, 9.17) is 14.2 Å². The standard InChI is InChI=1S/C21H23N3O4S/c1-24-20(15-8-10-17(26-2)11-9-15)22-23-21(24)29-13-5-12-28-19-16(14-25)6-4-7-18(19)27-3/h4,6-11,14H,5,12-13H2,1-3H3. The molecule has 152 valence electrons. The number of hydrogen-bond acceptors (Lipinski definition) is 7. The largest absolute Gasteiger partial charge is 0.497 e. The van der Waals surface area contributed by atoms with E-state index in [-0.39, 0.29) is 0 Å². The molecule has 0 unspecified atom stereocenters. The van der Waals surface area contributed by atoms with Crippen molar-refractivity contribution in [1.82, 2.24) is 14.8 Å². The number of rotatable bonds is 10. The van der Waals surface area contributed by atoms with Gasteiger partial charge in [-0.2, -0.15) is 0 Å². The van der Waals surface area contributed by atoms with Crippen LogP contribution < -0.4 is 14.2 Å². The van der Waals surface area contributed by atoms with E-state index in [0.717, 1.165) is 40.8 Å². The minimum Gasteiger partial charge on any atom is -0.497 e. The Labute approximate surface area is 174 Å². The van der Waals surface area contributed by atoms with Crippen LogP contribution in [-0.2, 0) is 7.05 Å². The summed E-state index contributed by atoms with van der Waals surface area (Å²) in [6, 6.07) is 13.0. The smallest absolute Gasteiger partial charge is 0.191 e. The topological polar surface area (TPSA) is 75.5 Å². The van der Waals surface area contributed by atoms with Gasteiger partial charge < -0.3 is 18.8 Å². The number of carbonyl (C=O) groups excluding carboxylic acids is 1. The van der Waals surface area contributed by atoms with Crippen LogP contribution in [0.4, 0.5) is 0 Å². The van der Waals surface area contributed by atoms with Crippen LogP contribution >= 0.6 is 11.8 Å². The summed E-state index contributed by atoms with van der Waals surface area (Å²) in [6.45, 7) is 0.470. The third-order valence-electron chi connectivity index (χ3n) is 4.31. The molecular formula is C21H23N3O4S. The number of benzene rings is 2. The molecule has 8 heteroatoms. The van der Waals surface area contributed by atoms with Gasteiger partial charge >= 0.3 is 0 Å². The van der Waals surface area contributed by atoms with Crippen molar-refractivity contribution < 1.29 is 19.0 Å². The van der Waals surface area contributed by atoms with Crippen molar-refractivity contribution in [2.45, 2.75) is 11.6 Å². The van der Waals surface area contributed by atoms with Crippen molar-refractivity contribution in [2.75, 3.05) is 26.6 Å². The first kappa shape index (κ1) is 20.7. The molecule has 0 atom stereocenters. The van der Waals surface area contributed by atoms with Crippen LogP contribution in [0.3, 0.4) is 0 Å². The van der Waals surface area contributed by atoms with E-state index in [1.807, 2.05) is 35.9 Å². The summed E-state index contributed by atoms with van der Waals surface area (Å²) in [7, 11) is 5.15. The van der Waals surface area contributed by atoms with E-state index in [1.165, 1.54) is 0 Å². The van der Waals surface area contributed by atoms with Crippen molar-refractivity contribution >= 4 is 18.0 Å². The minimum atomic E-state index is 0.470. The molecule has 0 radical (unpaired) electrons. The maximum Gasteiger partial charge on any atom is 0.191 e. The van der Waals surface area contributed by atoms with Gasteiger partial charge in [-0.1, -0.05) is 17.8 Å². The maximum atomic E-state index is 11.2. The van der Waals surface area contributed by atoms with Gasteiger partial charge in [0.15, 0.2) is 28.8 Å². The van der Waals surface area contributed by atoms with Crippen LogP contribution in [0.25, 0.3) is 11.4 Å². The van der Waals surface area contributed by atoms with Gasteiger partial charge in [0, 0.05) is 18.4 Å². The molecule has 0 aliphatic carbocycles. The molecule has 0 bridgehead atoms. The first-order valence-corrected chi connectivity index (χ1v) is 10.1. The number of methoxy groups -OCH3 is 2.